The number of oxazole rings is 1. The van der Waals surface area contributed by atoms with Crippen LogP contribution in [0.1, 0.15) is 19.7 Å². The van der Waals surface area contributed by atoms with Gasteiger partial charge in [0.15, 0.2) is 11.5 Å². The van der Waals surface area contributed by atoms with Crippen molar-refractivity contribution < 1.29 is 9.52 Å². The molecule has 0 atom stereocenters. The molecule has 0 saturated carbocycles. The quantitative estimate of drug-likeness (QED) is 0.833. The van der Waals surface area contributed by atoms with E-state index in [4.69, 9.17) is 4.42 Å². The van der Waals surface area contributed by atoms with E-state index in [1.807, 2.05) is 39.0 Å². The van der Waals surface area contributed by atoms with Gasteiger partial charge in [0.25, 0.3) is 0 Å². The highest BCUT2D eigenvalue weighted by Crippen LogP contribution is 2.22. The van der Waals surface area contributed by atoms with Crippen molar-refractivity contribution in [3.05, 3.63) is 24.1 Å². The molecule has 1 heterocycles. The average molecular weight is 220 g/mol. The molecule has 0 amide bonds. The van der Waals surface area contributed by atoms with Crippen molar-refractivity contribution >= 4 is 16.8 Å². The number of fused-ring (bicyclic) bond motifs is 1. The molecule has 16 heavy (non-hydrogen) atoms. The van der Waals surface area contributed by atoms with E-state index in [-0.39, 0.29) is 12.1 Å². The molecule has 0 radical (unpaired) electrons. The summed E-state index contributed by atoms with van der Waals surface area (Å²) in [5, 5.41) is 12.4. The van der Waals surface area contributed by atoms with E-state index in [1.54, 1.807) is 0 Å². The number of benzene rings is 1. The maximum atomic E-state index is 9.17. The predicted octanol–water partition coefficient (Wildman–Crippen LogP) is 2.32. The van der Waals surface area contributed by atoms with Crippen LogP contribution in [0, 0.1) is 6.92 Å². The van der Waals surface area contributed by atoms with Crippen LogP contribution >= 0.6 is 0 Å². The minimum absolute atomic E-state index is 0.0699. The van der Waals surface area contributed by atoms with Crippen molar-refractivity contribution in [1.29, 1.82) is 0 Å². The molecule has 0 saturated heterocycles. The van der Waals surface area contributed by atoms with Gasteiger partial charge < -0.3 is 14.8 Å². The van der Waals surface area contributed by atoms with Crippen molar-refractivity contribution in [1.82, 2.24) is 4.98 Å². The number of aliphatic hydroxyl groups excluding tert-OH is 1. The number of nitrogens with zero attached hydrogens (tertiary/aromatic N) is 1. The minimum Gasteiger partial charge on any atom is -0.441 e. The topological polar surface area (TPSA) is 58.3 Å². The molecule has 0 aliphatic heterocycles. The molecule has 2 N–H and O–H groups in total. The number of aromatic nitrogens is 1. The molecule has 86 valence electrons. The monoisotopic (exact) mass is 220 g/mol. The van der Waals surface area contributed by atoms with Gasteiger partial charge in [-0.25, -0.2) is 4.98 Å². The lowest BCUT2D eigenvalue weighted by atomic mass is 10.1. The van der Waals surface area contributed by atoms with Crippen molar-refractivity contribution in [2.75, 3.05) is 11.9 Å². The number of aryl methyl sites for hydroxylation is 1. The first-order valence-electron chi connectivity index (χ1n) is 5.26. The van der Waals surface area contributed by atoms with Crippen LogP contribution in [-0.2, 0) is 0 Å². The predicted molar refractivity (Wildman–Crippen MR) is 63.5 cm³/mol. The van der Waals surface area contributed by atoms with Gasteiger partial charge in [0.2, 0.25) is 0 Å². The average Bonchev–Trinajstić information content (AvgIpc) is 2.57. The van der Waals surface area contributed by atoms with Gasteiger partial charge in [-0.1, -0.05) is 0 Å². The fourth-order valence-corrected chi connectivity index (χ4v) is 1.55. The van der Waals surface area contributed by atoms with E-state index < -0.39 is 0 Å². The van der Waals surface area contributed by atoms with Crippen LogP contribution in [0.15, 0.2) is 22.6 Å². The summed E-state index contributed by atoms with van der Waals surface area (Å²) in [6.07, 6.45) is 0. The van der Waals surface area contributed by atoms with Gasteiger partial charge in [-0.15, -0.1) is 0 Å². The van der Waals surface area contributed by atoms with Crippen LogP contribution in [0.3, 0.4) is 0 Å². The summed E-state index contributed by atoms with van der Waals surface area (Å²) in [5.41, 5.74) is 2.19. The van der Waals surface area contributed by atoms with E-state index in [0.717, 1.165) is 16.8 Å². The highest BCUT2D eigenvalue weighted by Gasteiger charge is 2.16. The summed E-state index contributed by atoms with van der Waals surface area (Å²) in [5.74, 6) is 0.661. The fourth-order valence-electron chi connectivity index (χ4n) is 1.55. The summed E-state index contributed by atoms with van der Waals surface area (Å²) >= 11 is 0. The number of anilines is 1. The molecule has 0 fully saturated rings. The number of hydrogen-bond acceptors (Lipinski definition) is 4. The fraction of sp³-hybridized carbons (Fsp3) is 0.417. The normalized spacial score (nSPS) is 12.0. The summed E-state index contributed by atoms with van der Waals surface area (Å²) in [6.45, 7) is 5.76. The van der Waals surface area contributed by atoms with Gasteiger partial charge in [0, 0.05) is 18.7 Å². The molecule has 0 aliphatic carbocycles. The Morgan fingerprint density at radius 2 is 2.19 bits per heavy atom. The van der Waals surface area contributed by atoms with Crippen LogP contribution < -0.4 is 5.32 Å². The molecule has 1 aromatic heterocycles. The zero-order chi connectivity index (χ0) is 11.8. The Morgan fingerprint density at radius 3 is 2.88 bits per heavy atom. The van der Waals surface area contributed by atoms with Crippen LogP contribution in [0.4, 0.5) is 5.69 Å². The van der Waals surface area contributed by atoms with Crippen molar-refractivity contribution in [3.8, 4) is 0 Å². The Labute approximate surface area is 94.3 Å². The molecular weight excluding hydrogens is 204 g/mol. The van der Waals surface area contributed by atoms with Gasteiger partial charge in [-0.3, -0.25) is 0 Å². The maximum Gasteiger partial charge on any atom is 0.192 e. The van der Waals surface area contributed by atoms with E-state index in [0.29, 0.717) is 5.89 Å². The third-order valence-corrected chi connectivity index (χ3v) is 2.37. The second kappa shape index (κ2) is 3.79. The molecule has 0 bridgehead atoms. The smallest absolute Gasteiger partial charge is 0.192 e. The standard InChI is InChI=1S/C12H16N2O2/c1-8-13-10-5-4-9(6-11(10)16-8)14-12(2,3)7-15/h4-6,14-15H,7H2,1-3H3. The first kappa shape index (κ1) is 11.0. The first-order valence-corrected chi connectivity index (χ1v) is 5.26. The number of hydrogen-bond donors (Lipinski definition) is 2. The summed E-state index contributed by atoms with van der Waals surface area (Å²) < 4.78 is 5.44. The zero-order valence-corrected chi connectivity index (χ0v) is 9.74. The molecule has 4 heteroatoms. The van der Waals surface area contributed by atoms with Gasteiger partial charge in [-0.05, 0) is 26.0 Å². The number of rotatable bonds is 3. The second-order valence-corrected chi connectivity index (χ2v) is 4.58. The minimum atomic E-state index is -0.345. The van der Waals surface area contributed by atoms with Crippen molar-refractivity contribution in [2.45, 2.75) is 26.3 Å². The Kier molecular flexibility index (Phi) is 2.59. The maximum absolute atomic E-state index is 9.17. The molecule has 0 aliphatic rings. The Morgan fingerprint density at radius 1 is 1.44 bits per heavy atom. The van der Waals surface area contributed by atoms with E-state index in [9.17, 15) is 5.11 Å². The number of aliphatic hydroxyl groups is 1. The Balaban J connectivity index is 2.32. The lowest BCUT2D eigenvalue weighted by Gasteiger charge is -2.24. The highest BCUT2D eigenvalue weighted by molar-refractivity contribution is 5.77. The Hall–Kier alpha value is -1.55. The SMILES string of the molecule is Cc1nc2ccc(NC(C)(C)CO)cc2o1. The van der Waals surface area contributed by atoms with Crippen molar-refractivity contribution in [2.24, 2.45) is 0 Å². The third kappa shape index (κ3) is 2.17. The first-order chi connectivity index (χ1) is 7.50. The summed E-state index contributed by atoms with van der Waals surface area (Å²) in [4.78, 5) is 4.23. The molecule has 0 unspecified atom stereocenters. The summed E-state index contributed by atoms with van der Waals surface area (Å²) in [6, 6.07) is 5.73. The third-order valence-electron chi connectivity index (χ3n) is 2.37. The molecule has 2 aromatic rings. The van der Waals surface area contributed by atoms with Crippen LogP contribution in [-0.4, -0.2) is 22.2 Å². The molecule has 0 spiro atoms. The molecular formula is C12H16N2O2. The van der Waals surface area contributed by atoms with Gasteiger partial charge in [0.05, 0.1) is 12.1 Å². The Bertz CT molecular complexity index is 503. The molecule has 1 aromatic carbocycles. The highest BCUT2D eigenvalue weighted by atomic mass is 16.3. The van der Waals surface area contributed by atoms with E-state index >= 15 is 0 Å². The van der Waals surface area contributed by atoms with Gasteiger partial charge in [-0.2, -0.15) is 0 Å². The van der Waals surface area contributed by atoms with Gasteiger partial charge >= 0.3 is 0 Å². The van der Waals surface area contributed by atoms with E-state index in [2.05, 4.69) is 10.3 Å². The molecule has 4 nitrogen and oxygen atoms in total. The largest absolute Gasteiger partial charge is 0.441 e. The number of nitrogens with one attached hydrogen (secondary N) is 1. The lowest BCUT2D eigenvalue weighted by molar-refractivity contribution is 0.234. The van der Waals surface area contributed by atoms with Crippen LogP contribution in [0.2, 0.25) is 0 Å². The van der Waals surface area contributed by atoms with E-state index in [1.165, 1.54) is 0 Å². The summed E-state index contributed by atoms with van der Waals surface area (Å²) in [7, 11) is 0. The van der Waals surface area contributed by atoms with Gasteiger partial charge in [0.1, 0.15) is 5.52 Å². The second-order valence-electron chi connectivity index (χ2n) is 4.58. The van der Waals surface area contributed by atoms with Crippen LogP contribution in [0.25, 0.3) is 11.1 Å². The molecule has 2 rings (SSSR count). The lowest BCUT2D eigenvalue weighted by Crippen LogP contribution is -2.34. The van der Waals surface area contributed by atoms with Crippen LogP contribution in [0.5, 0.6) is 0 Å². The van der Waals surface area contributed by atoms with Crippen molar-refractivity contribution in [3.63, 3.8) is 0 Å². The zero-order valence-electron chi connectivity index (χ0n) is 9.74.